The molecule has 100 valence electrons. The summed E-state index contributed by atoms with van der Waals surface area (Å²) in [4.78, 5) is 10.5. The molecular formula is C11H15NO4S2. The summed E-state index contributed by atoms with van der Waals surface area (Å²) in [6, 6.07) is 8.09. The summed E-state index contributed by atoms with van der Waals surface area (Å²) in [6.07, 6.45) is 0.415. The highest BCUT2D eigenvalue weighted by Gasteiger charge is 2.18. The molecule has 0 saturated heterocycles. The van der Waals surface area contributed by atoms with E-state index in [9.17, 15) is 13.2 Å². The van der Waals surface area contributed by atoms with Gasteiger partial charge in [0.1, 0.15) is 6.04 Å². The summed E-state index contributed by atoms with van der Waals surface area (Å²) in [6.45, 7) is 0. The smallest absolute Gasteiger partial charge is 0.321 e. The van der Waals surface area contributed by atoms with Crippen LogP contribution in [0.2, 0.25) is 0 Å². The largest absolute Gasteiger partial charge is 0.480 e. The third kappa shape index (κ3) is 5.52. The zero-order valence-electron chi connectivity index (χ0n) is 9.65. The van der Waals surface area contributed by atoms with Gasteiger partial charge < -0.3 is 10.8 Å². The Morgan fingerprint density at radius 2 is 1.94 bits per heavy atom. The second-order valence-electron chi connectivity index (χ2n) is 3.73. The van der Waals surface area contributed by atoms with E-state index >= 15 is 0 Å². The van der Waals surface area contributed by atoms with Crippen molar-refractivity contribution in [3.8, 4) is 0 Å². The van der Waals surface area contributed by atoms with Gasteiger partial charge in [0.2, 0.25) is 8.87 Å². The molecule has 0 aliphatic rings. The van der Waals surface area contributed by atoms with Crippen LogP contribution in [0.4, 0.5) is 0 Å². The van der Waals surface area contributed by atoms with Gasteiger partial charge in [0.15, 0.2) is 0 Å². The van der Waals surface area contributed by atoms with Crippen molar-refractivity contribution >= 4 is 25.6 Å². The topological polar surface area (TPSA) is 97.5 Å². The monoisotopic (exact) mass is 289 g/mol. The molecule has 0 amide bonds. The van der Waals surface area contributed by atoms with Crippen molar-refractivity contribution in [1.29, 1.82) is 0 Å². The highest BCUT2D eigenvalue weighted by Crippen LogP contribution is 2.15. The molecule has 0 aliphatic carbocycles. The zero-order chi connectivity index (χ0) is 13.6. The minimum atomic E-state index is -3.34. The van der Waals surface area contributed by atoms with Crippen LogP contribution in [0.5, 0.6) is 0 Å². The van der Waals surface area contributed by atoms with E-state index in [2.05, 4.69) is 0 Å². The van der Waals surface area contributed by atoms with Crippen LogP contribution in [0.15, 0.2) is 30.3 Å². The Kier molecular flexibility index (Phi) is 5.64. The first-order valence-electron chi connectivity index (χ1n) is 5.30. The lowest BCUT2D eigenvalue weighted by Crippen LogP contribution is -2.33. The van der Waals surface area contributed by atoms with E-state index in [4.69, 9.17) is 10.8 Å². The van der Waals surface area contributed by atoms with E-state index in [1.807, 2.05) is 30.3 Å². The van der Waals surface area contributed by atoms with Crippen LogP contribution >= 0.6 is 10.8 Å². The van der Waals surface area contributed by atoms with Crippen molar-refractivity contribution in [3.63, 3.8) is 0 Å². The second-order valence-corrected chi connectivity index (χ2v) is 8.05. The number of hydrogen-bond acceptors (Lipinski definition) is 5. The third-order valence-corrected chi connectivity index (χ3v) is 5.77. The molecule has 1 aromatic rings. The highest BCUT2D eigenvalue weighted by molar-refractivity contribution is 8.72. The molecule has 0 saturated carbocycles. The fourth-order valence-electron chi connectivity index (χ4n) is 1.19. The number of aliphatic carboxylic acids is 1. The van der Waals surface area contributed by atoms with Crippen molar-refractivity contribution in [2.75, 3.05) is 11.5 Å². The number of hydrogen-bond donors (Lipinski definition) is 2. The van der Waals surface area contributed by atoms with Gasteiger partial charge in [-0.15, -0.1) is 0 Å². The van der Waals surface area contributed by atoms with Gasteiger partial charge in [-0.1, -0.05) is 30.3 Å². The van der Waals surface area contributed by atoms with Crippen LogP contribution in [0, 0.1) is 0 Å². The molecule has 0 aliphatic heterocycles. The first-order valence-corrected chi connectivity index (χ1v) is 8.45. The summed E-state index contributed by atoms with van der Waals surface area (Å²) < 4.78 is 23.3. The maximum atomic E-state index is 11.6. The van der Waals surface area contributed by atoms with Gasteiger partial charge in [0.05, 0.1) is 5.75 Å². The quantitative estimate of drug-likeness (QED) is 0.717. The molecule has 0 fully saturated rings. The number of nitrogens with two attached hydrogens (primary N) is 1. The number of carboxylic acids is 1. The number of benzene rings is 1. The summed E-state index contributed by atoms with van der Waals surface area (Å²) in [5.41, 5.74) is 6.18. The Hall–Kier alpha value is -1.05. The lowest BCUT2D eigenvalue weighted by molar-refractivity contribution is -0.137. The molecule has 0 aromatic heterocycles. The molecule has 0 unspecified atom stereocenters. The number of rotatable bonds is 7. The van der Waals surface area contributed by atoms with Gasteiger partial charge in [0.25, 0.3) is 0 Å². The third-order valence-electron chi connectivity index (χ3n) is 2.23. The van der Waals surface area contributed by atoms with E-state index in [0.29, 0.717) is 17.2 Å². The van der Waals surface area contributed by atoms with Gasteiger partial charge in [-0.25, -0.2) is 8.42 Å². The van der Waals surface area contributed by atoms with Crippen LogP contribution in [0.1, 0.15) is 5.56 Å². The number of carbonyl (C=O) groups is 1. The molecule has 1 aromatic carbocycles. The Morgan fingerprint density at radius 1 is 1.33 bits per heavy atom. The Bertz CT molecular complexity index is 487. The summed E-state index contributed by atoms with van der Waals surface area (Å²) >= 11 is 0. The summed E-state index contributed by atoms with van der Waals surface area (Å²) in [7, 11) is -2.73. The molecule has 3 N–H and O–H groups in total. The van der Waals surface area contributed by atoms with Gasteiger partial charge in [-0.05, 0) is 22.8 Å². The molecule has 0 spiro atoms. The first kappa shape index (κ1) is 15.0. The molecule has 5 nitrogen and oxygen atoms in total. The van der Waals surface area contributed by atoms with Crippen LogP contribution in [0.25, 0.3) is 0 Å². The van der Waals surface area contributed by atoms with Gasteiger partial charge >= 0.3 is 5.97 Å². The average Bonchev–Trinajstić information content (AvgIpc) is 2.35. The lowest BCUT2D eigenvalue weighted by atomic mass is 10.2. The molecular weight excluding hydrogens is 274 g/mol. The van der Waals surface area contributed by atoms with Gasteiger partial charge in [-0.2, -0.15) is 0 Å². The number of carboxylic acid groups (broad SMARTS) is 1. The van der Waals surface area contributed by atoms with E-state index in [1.54, 1.807) is 0 Å². The second kappa shape index (κ2) is 6.77. The molecule has 0 heterocycles. The van der Waals surface area contributed by atoms with Crippen molar-refractivity contribution < 1.29 is 18.3 Å². The van der Waals surface area contributed by atoms with Crippen molar-refractivity contribution in [3.05, 3.63) is 35.9 Å². The number of aryl methyl sites for hydroxylation is 1. The van der Waals surface area contributed by atoms with Crippen LogP contribution in [-0.2, 0) is 20.1 Å². The molecule has 1 rings (SSSR count). The van der Waals surface area contributed by atoms with Crippen LogP contribution in [0.3, 0.4) is 0 Å². The SMILES string of the molecule is N[C@@H](CSS(=O)(=O)CCc1ccccc1)C(=O)O. The Labute approximate surface area is 110 Å². The van der Waals surface area contributed by atoms with Crippen molar-refractivity contribution in [2.24, 2.45) is 5.73 Å². The van der Waals surface area contributed by atoms with E-state index in [1.165, 1.54) is 0 Å². The van der Waals surface area contributed by atoms with Gasteiger partial charge in [0, 0.05) is 5.75 Å². The Morgan fingerprint density at radius 3 is 2.50 bits per heavy atom. The highest BCUT2D eigenvalue weighted by atomic mass is 33.1. The predicted molar refractivity (Wildman–Crippen MR) is 72.0 cm³/mol. The first-order chi connectivity index (χ1) is 8.41. The van der Waals surface area contributed by atoms with E-state index in [-0.39, 0.29) is 11.5 Å². The van der Waals surface area contributed by atoms with Gasteiger partial charge in [-0.3, -0.25) is 4.79 Å². The van der Waals surface area contributed by atoms with Crippen molar-refractivity contribution in [2.45, 2.75) is 12.5 Å². The molecule has 0 bridgehead atoms. The molecule has 1 atom stereocenters. The predicted octanol–water partition coefficient (Wildman–Crippen LogP) is 0.704. The van der Waals surface area contributed by atoms with Crippen LogP contribution in [-0.4, -0.2) is 37.0 Å². The fraction of sp³-hybridized carbons (Fsp3) is 0.364. The van der Waals surface area contributed by atoms with Crippen molar-refractivity contribution in [1.82, 2.24) is 0 Å². The molecule has 18 heavy (non-hydrogen) atoms. The lowest BCUT2D eigenvalue weighted by Gasteiger charge is -2.06. The molecule has 0 radical (unpaired) electrons. The maximum absolute atomic E-state index is 11.6. The Balaban J connectivity index is 2.43. The summed E-state index contributed by atoms with van der Waals surface area (Å²) in [5.74, 6) is -1.35. The van der Waals surface area contributed by atoms with E-state index < -0.39 is 20.9 Å². The normalized spacial score (nSPS) is 13.2. The zero-order valence-corrected chi connectivity index (χ0v) is 11.3. The molecule has 7 heteroatoms. The summed E-state index contributed by atoms with van der Waals surface area (Å²) in [5, 5.41) is 8.55. The fourth-order valence-corrected chi connectivity index (χ4v) is 3.96. The van der Waals surface area contributed by atoms with E-state index in [0.717, 1.165) is 5.56 Å². The van der Waals surface area contributed by atoms with Crippen LogP contribution < -0.4 is 5.73 Å². The maximum Gasteiger partial charge on any atom is 0.321 e. The minimum absolute atomic E-state index is 0.0198. The standard InChI is InChI=1S/C11H15NO4S2/c12-10(11(13)14)8-17-18(15,16)7-6-9-4-2-1-3-5-9/h1-5,10H,6-8,12H2,(H,13,14)/t10-/m0/s1. The minimum Gasteiger partial charge on any atom is -0.480 e. The average molecular weight is 289 g/mol.